The molecule has 0 radical (unpaired) electrons. The number of nitrogen functional groups attached to an aromatic ring is 1. The highest BCUT2D eigenvalue weighted by Gasteiger charge is 2.19. The third-order valence-electron chi connectivity index (χ3n) is 2.66. The molecule has 0 aliphatic carbocycles. The average molecular weight is 347 g/mol. The van der Waals surface area contributed by atoms with Crippen LogP contribution in [0.25, 0.3) is 0 Å². The zero-order chi connectivity index (χ0) is 15.6. The van der Waals surface area contributed by atoms with Crippen LogP contribution < -0.4 is 15.2 Å². The summed E-state index contributed by atoms with van der Waals surface area (Å²) < 4.78 is 32.1. The van der Waals surface area contributed by atoms with Crippen LogP contribution in [0.1, 0.15) is 0 Å². The summed E-state index contributed by atoms with van der Waals surface area (Å²) in [6.07, 6.45) is 0. The number of halogens is 2. The van der Waals surface area contributed by atoms with E-state index >= 15 is 0 Å². The number of nitrogens with two attached hydrogens (primary N) is 1. The lowest BCUT2D eigenvalue weighted by Crippen LogP contribution is -2.14. The molecule has 8 heteroatoms. The number of methoxy groups -OCH3 is 1. The fourth-order valence-corrected chi connectivity index (χ4v) is 3.21. The van der Waals surface area contributed by atoms with Gasteiger partial charge in [0, 0.05) is 16.8 Å². The van der Waals surface area contributed by atoms with Gasteiger partial charge in [0.05, 0.1) is 17.0 Å². The Hall–Kier alpha value is -1.63. The number of hydrogen-bond donors (Lipinski definition) is 2. The van der Waals surface area contributed by atoms with Crippen LogP contribution in [0, 0.1) is 0 Å². The smallest absolute Gasteiger partial charge is 0.262 e. The number of ether oxygens (including phenoxy) is 1. The first-order chi connectivity index (χ1) is 9.83. The van der Waals surface area contributed by atoms with E-state index in [2.05, 4.69) is 4.72 Å². The summed E-state index contributed by atoms with van der Waals surface area (Å²) in [5, 5.41) is 0.585. The summed E-state index contributed by atoms with van der Waals surface area (Å²) in [7, 11) is -2.42. The second-order valence-electron chi connectivity index (χ2n) is 4.14. The second-order valence-corrected chi connectivity index (χ2v) is 6.67. The minimum absolute atomic E-state index is 0.0573. The maximum absolute atomic E-state index is 12.3. The normalized spacial score (nSPS) is 11.2. The third kappa shape index (κ3) is 3.53. The lowest BCUT2D eigenvalue weighted by atomic mass is 10.2. The second kappa shape index (κ2) is 6.01. The van der Waals surface area contributed by atoms with Crippen LogP contribution in [0.5, 0.6) is 5.75 Å². The Bertz CT molecular complexity index is 762. The lowest BCUT2D eigenvalue weighted by molar-refractivity contribution is 0.417. The number of sulfonamides is 1. The first-order valence-electron chi connectivity index (χ1n) is 5.75. The van der Waals surface area contributed by atoms with E-state index < -0.39 is 10.0 Å². The molecule has 2 rings (SSSR count). The van der Waals surface area contributed by atoms with Gasteiger partial charge in [-0.15, -0.1) is 0 Å². The van der Waals surface area contributed by atoms with Gasteiger partial charge in [-0.1, -0.05) is 23.2 Å². The molecule has 0 unspecified atom stereocenters. The van der Waals surface area contributed by atoms with Gasteiger partial charge < -0.3 is 10.5 Å². The largest absolute Gasteiger partial charge is 0.494 e. The summed E-state index contributed by atoms with van der Waals surface area (Å²) in [4.78, 5) is 0.0573. The van der Waals surface area contributed by atoms with Crippen LogP contribution in [0.2, 0.25) is 10.0 Å². The summed E-state index contributed by atoms with van der Waals surface area (Å²) in [5.74, 6) is 0.234. The van der Waals surface area contributed by atoms with Gasteiger partial charge in [-0.25, -0.2) is 8.42 Å². The van der Waals surface area contributed by atoms with E-state index in [0.29, 0.717) is 10.7 Å². The van der Waals surface area contributed by atoms with E-state index in [0.717, 1.165) is 0 Å². The van der Waals surface area contributed by atoms with Crippen molar-refractivity contribution in [3.8, 4) is 5.75 Å². The maximum Gasteiger partial charge on any atom is 0.262 e. The van der Waals surface area contributed by atoms with Crippen molar-refractivity contribution in [1.29, 1.82) is 0 Å². The molecule has 0 aliphatic rings. The molecule has 0 spiro atoms. The van der Waals surface area contributed by atoms with Gasteiger partial charge >= 0.3 is 0 Å². The molecule has 0 atom stereocenters. The monoisotopic (exact) mass is 346 g/mol. The molecule has 0 heterocycles. The molecule has 0 aromatic heterocycles. The van der Waals surface area contributed by atoms with Gasteiger partial charge in [0.1, 0.15) is 11.4 Å². The van der Waals surface area contributed by atoms with Crippen LogP contribution >= 0.6 is 23.2 Å². The van der Waals surface area contributed by atoms with Crippen molar-refractivity contribution in [2.45, 2.75) is 4.90 Å². The van der Waals surface area contributed by atoms with Crippen molar-refractivity contribution in [3.63, 3.8) is 0 Å². The van der Waals surface area contributed by atoms with Crippen molar-refractivity contribution in [1.82, 2.24) is 0 Å². The maximum atomic E-state index is 12.3. The SMILES string of the molecule is COc1cc(N)cc(Cl)c1NS(=O)(=O)c1ccc(Cl)cc1. The molecule has 2 aromatic carbocycles. The Balaban J connectivity index is 2.44. The Labute approximate surface area is 132 Å². The van der Waals surface area contributed by atoms with E-state index in [-0.39, 0.29) is 21.4 Å². The topological polar surface area (TPSA) is 81.4 Å². The number of hydrogen-bond acceptors (Lipinski definition) is 4. The fraction of sp³-hybridized carbons (Fsp3) is 0.0769. The Morgan fingerprint density at radius 3 is 2.33 bits per heavy atom. The van der Waals surface area contributed by atoms with Crippen LogP contribution in [0.4, 0.5) is 11.4 Å². The van der Waals surface area contributed by atoms with Gasteiger partial charge in [0.15, 0.2) is 0 Å². The molecular weight excluding hydrogens is 335 g/mol. The van der Waals surface area contributed by atoms with Crippen molar-refractivity contribution >= 4 is 44.6 Å². The quantitative estimate of drug-likeness (QED) is 0.831. The van der Waals surface area contributed by atoms with Gasteiger partial charge in [-0.05, 0) is 30.3 Å². The van der Waals surface area contributed by atoms with Crippen molar-refractivity contribution in [2.75, 3.05) is 17.6 Å². The molecule has 21 heavy (non-hydrogen) atoms. The van der Waals surface area contributed by atoms with Gasteiger partial charge in [0.25, 0.3) is 10.0 Å². The molecule has 0 saturated carbocycles. The molecule has 0 aliphatic heterocycles. The summed E-state index contributed by atoms with van der Waals surface area (Å²) in [6, 6.07) is 8.66. The van der Waals surface area contributed by atoms with Crippen LogP contribution in [0.3, 0.4) is 0 Å². The van der Waals surface area contributed by atoms with Gasteiger partial charge in [-0.2, -0.15) is 0 Å². The molecule has 0 amide bonds. The Morgan fingerprint density at radius 2 is 1.76 bits per heavy atom. The predicted octanol–water partition coefficient (Wildman–Crippen LogP) is 3.39. The average Bonchev–Trinajstić information content (AvgIpc) is 2.42. The van der Waals surface area contributed by atoms with Crippen molar-refractivity contribution in [3.05, 3.63) is 46.4 Å². The number of nitrogens with one attached hydrogen (secondary N) is 1. The van der Waals surface area contributed by atoms with Crippen molar-refractivity contribution in [2.24, 2.45) is 0 Å². The van der Waals surface area contributed by atoms with Crippen LogP contribution in [0.15, 0.2) is 41.3 Å². The number of rotatable bonds is 4. The van der Waals surface area contributed by atoms with E-state index in [9.17, 15) is 8.42 Å². The van der Waals surface area contributed by atoms with Crippen molar-refractivity contribution < 1.29 is 13.2 Å². The standard InChI is InChI=1S/C13H12Cl2N2O3S/c1-20-12-7-9(16)6-11(15)13(12)17-21(18,19)10-4-2-8(14)3-5-10/h2-7,17H,16H2,1H3. The number of anilines is 2. The summed E-state index contributed by atoms with van der Waals surface area (Å²) in [5.41, 5.74) is 6.13. The fourth-order valence-electron chi connectivity index (χ4n) is 1.67. The highest BCUT2D eigenvalue weighted by molar-refractivity contribution is 7.92. The molecule has 0 fully saturated rings. The Morgan fingerprint density at radius 1 is 1.14 bits per heavy atom. The third-order valence-corrected chi connectivity index (χ3v) is 4.57. The zero-order valence-corrected chi connectivity index (χ0v) is 13.3. The molecule has 0 saturated heterocycles. The zero-order valence-electron chi connectivity index (χ0n) is 10.9. The van der Waals surface area contributed by atoms with E-state index in [1.54, 1.807) is 0 Å². The van der Waals surface area contributed by atoms with E-state index in [1.807, 2.05) is 0 Å². The molecular formula is C13H12Cl2N2O3S. The first-order valence-corrected chi connectivity index (χ1v) is 7.99. The highest BCUT2D eigenvalue weighted by Crippen LogP contribution is 2.36. The highest BCUT2D eigenvalue weighted by atomic mass is 35.5. The lowest BCUT2D eigenvalue weighted by Gasteiger charge is -2.14. The van der Waals surface area contributed by atoms with Crippen LogP contribution in [-0.2, 0) is 10.0 Å². The van der Waals surface area contributed by atoms with E-state index in [4.69, 9.17) is 33.7 Å². The molecule has 0 bridgehead atoms. The van der Waals surface area contributed by atoms with Gasteiger partial charge in [-0.3, -0.25) is 4.72 Å². The number of benzene rings is 2. The Kier molecular flexibility index (Phi) is 4.51. The molecule has 112 valence electrons. The molecule has 2 aromatic rings. The summed E-state index contributed by atoms with van der Waals surface area (Å²) in [6.45, 7) is 0. The predicted molar refractivity (Wildman–Crippen MR) is 84.7 cm³/mol. The molecule has 3 N–H and O–H groups in total. The minimum Gasteiger partial charge on any atom is -0.494 e. The molecule has 5 nitrogen and oxygen atoms in total. The van der Waals surface area contributed by atoms with Crippen LogP contribution in [-0.4, -0.2) is 15.5 Å². The first kappa shape index (κ1) is 15.8. The summed E-state index contributed by atoms with van der Waals surface area (Å²) >= 11 is 11.8. The van der Waals surface area contributed by atoms with E-state index in [1.165, 1.54) is 43.5 Å². The van der Waals surface area contributed by atoms with Gasteiger partial charge in [0.2, 0.25) is 0 Å². The minimum atomic E-state index is -3.81.